The number of aryl methyl sites for hydroxylation is 1. The fraction of sp³-hybridized carbons (Fsp3) is 0.375. The molecule has 0 radical (unpaired) electrons. The molecule has 2 N–H and O–H groups in total. The summed E-state index contributed by atoms with van der Waals surface area (Å²) < 4.78 is 1.27. The Labute approximate surface area is 75.4 Å². The van der Waals surface area contributed by atoms with Gasteiger partial charge in [0.05, 0.1) is 6.07 Å². The van der Waals surface area contributed by atoms with Gasteiger partial charge in [-0.3, -0.25) is 4.79 Å². The maximum Gasteiger partial charge on any atom is 0.266 e. The number of nitrogens with two attached hydrogens (primary N) is 1. The van der Waals surface area contributed by atoms with Crippen molar-refractivity contribution in [1.29, 1.82) is 5.26 Å². The van der Waals surface area contributed by atoms with Gasteiger partial charge in [0.2, 0.25) is 0 Å². The third-order valence-electron chi connectivity index (χ3n) is 1.55. The van der Waals surface area contributed by atoms with Crippen LogP contribution >= 0.6 is 0 Å². The number of rotatable bonds is 3. The standard InChI is InChI=1S/C8H10N4O/c9-5-1-2-6-12-8(13)4-3-7(10)11-12/h3-4H,1-2,6H2,(H2,10,11). The van der Waals surface area contributed by atoms with Crippen LogP contribution in [0.5, 0.6) is 0 Å². The van der Waals surface area contributed by atoms with Gasteiger partial charge in [-0.25, -0.2) is 4.68 Å². The van der Waals surface area contributed by atoms with Crippen molar-refractivity contribution in [3.63, 3.8) is 0 Å². The Bertz CT molecular complexity index is 376. The molecule has 0 atom stereocenters. The van der Waals surface area contributed by atoms with E-state index in [2.05, 4.69) is 5.10 Å². The second kappa shape index (κ2) is 4.26. The Kier molecular flexibility index (Phi) is 3.03. The molecule has 5 nitrogen and oxygen atoms in total. The van der Waals surface area contributed by atoms with E-state index in [1.807, 2.05) is 6.07 Å². The number of unbranched alkanes of at least 4 members (excludes halogenated alkanes) is 1. The van der Waals surface area contributed by atoms with Gasteiger partial charge in [0, 0.05) is 19.0 Å². The second-order valence-corrected chi connectivity index (χ2v) is 2.58. The fourth-order valence-electron chi connectivity index (χ4n) is 0.933. The van der Waals surface area contributed by atoms with E-state index in [4.69, 9.17) is 11.0 Å². The molecule has 1 heterocycles. The summed E-state index contributed by atoms with van der Waals surface area (Å²) in [4.78, 5) is 11.1. The maximum absolute atomic E-state index is 11.1. The van der Waals surface area contributed by atoms with Gasteiger partial charge >= 0.3 is 0 Å². The normalized spacial score (nSPS) is 9.46. The summed E-state index contributed by atoms with van der Waals surface area (Å²) in [6, 6.07) is 4.83. The van der Waals surface area contributed by atoms with Crippen LogP contribution in [0.15, 0.2) is 16.9 Å². The fourth-order valence-corrected chi connectivity index (χ4v) is 0.933. The minimum Gasteiger partial charge on any atom is -0.382 e. The summed E-state index contributed by atoms with van der Waals surface area (Å²) in [7, 11) is 0. The maximum atomic E-state index is 11.1. The molecule has 0 spiro atoms. The zero-order valence-electron chi connectivity index (χ0n) is 7.10. The number of hydrogen-bond acceptors (Lipinski definition) is 4. The largest absolute Gasteiger partial charge is 0.382 e. The van der Waals surface area contributed by atoms with Gasteiger partial charge in [0.1, 0.15) is 5.82 Å². The lowest BCUT2D eigenvalue weighted by Crippen LogP contribution is -2.22. The molecule has 0 saturated carbocycles. The van der Waals surface area contributed by atoms with Gasteiger partial charge in [-0.15, -0.1) is 0 Å². The number of aromatic nitrogens is 2. The van der Waals surface area contributed by atoms with E-state index in [9.17, 15) is 4.79 Å². The summed E-state index contributed by atoms with van der Waals surface area (Å²) in [6.07, 6.45) is 1.04. The highest BCUT2D eigenvalue weighted by Gasteiger charge is 1.96. The highest BCUT2D eigenvalue weighted by molar-refractivity contribution is 5.23. The molecule has 0 unspecified atom stereocenters. The molecule has 0 fully saturated rings. The van der Waals surface area contributed by atoms with Crippen molar-refractivity contribution < 1.29 is 0 Å². The van der Waals surface area contributed by atoms with Crippen molar-refractivity contribution in [3.8, 4) is 6.07 Å². The van der Waals surface area contributed by atoms with E-state index in [1.54, 1.807) is 0 Å². The van der Waals surface area contributed by atoms with Crippen LogP contribution in [-0.4, -0.2) is 9.78 Å². The topological polar surface area (TPSA) is 84.7 Å². The molecule has 0 aliphatic carbocycles. The van der Waals surface area contributed by atoms with Crippen LogP contribution in [0, 0.1) is 11.3 Å². The number of nitrogens with zero attached hydrogens (tertiary/aromatic N) is 3. The van der Waals surface area contributed by atoms with Crippen molar-refractivity contribution in [2.24, 2.45) is 0 Å². The Hall–Kier alpha value is -1.83. The van der Waals surface area contributed by atoms with Crippen LogP contribution in [-0.2, 0) is 6.54 Å². The van der Waals surface area contributed by atoms with Gasteiger partial charge in [0.15, 0.2) is 0 Å². The van der Waals surface area contributed by atoms with E-state index >= 15 is 0 Å². The second-order valence-electron chi connectivity index (χ2n) is 2.58. The molecule has 5 heteroatoms. The van der Waals surface area contributed by atoms with Crippen molar-refractivity contribution in [1.82, 2.24) is 9.78 Å². The van der Waals surface area contributed by atoms with E-state index in [0.717, 1.165) is 0 Å². The van der Waals surface area contributed by atoms with Crippen molar-refractivity contribution >= 4 is 5.82 Å². The van der Waals surface area contributed by atoms with E-state index < -0.39 is 0 Å². The lowest BCUT2D eigenvalue weighted by Gasteiger charge is -2.01. The third kappa shape index (κ3) is 2.60. The number of nitrogen functional groups attached to an aromatic ring is 1. The molecular formula is C8H10N4O. The summed E-state index contributed by atoms with van der Waals surface area (Å²) in [5.74, 6) is 0.316. The summed E-state index contributed by atoms with van der Waals surface area (Å²) in [5.41, 5.74) is 5.21. The predicted molar refractivity (Wildman–Crippen MR) is 47.8 cm³/mol. The van der Waals surface area contributed by atoms with Crippen molar-refractivity contribution in [2.45, 2.75) is 19.4 Å². The van der Waals surface area contributed by atoms with Crippen molar-refractivity contribution in [2.75, 3.05) is 5.73 Å². The zero-order chi connectivity index (χ0) is 9.68. The van der Waals surface area contributed by atoms with Gasteiger partial charge in [-0.05, 0) is 12.5 Å². The number of anilines is 1. The van der Waals surface area contributed by atoms with Gasteiger partial charge in [-0.2, -0.15) is 10.4 Å². The van der Waals surface area contributed by atoms with E-state index in [-0.39, 0.29) is 5.56 Å². The first-order valence-corrected chi connectivity index (χ1v) is 3.94. The highest BCUT2D eigenvalue weighted by atomic mass is 16.1. The number of nitriles is 1. The number of hydrogen-bond donors (Lipinski definition) is 1. The Morgan fingerprint density at radius 2 is 2.38 bits per heavy atom. The monoisotopic (exact) mass is 178 g/mol. The Morgan fingerprint density at radius 1 is 1.62 bits per heavy atom. The molecule has 1 aromatic heterocycles. The van der Waals surface area contributed by atoms with Gasteiger partial charge in [0.25, 0.3) is 5.56 Å². The van der Waals surface area contributed by atoms with Crippen LogP contribution in [0.3, 0.4) is 0 Å². The third-order valence-corrected chi connectivity index (χ3v) is 1.55. The van der Waals surface area contributed by atoms with E-state index in [0.29, 0.717) is 25.2 Å². The van der Waals surface area contributed by atoms with Crippen LogP contribution in [0.1, 0.15) is 12.8 Å². The lowest BCUT2D eigenvalue weighted by atomic mass is 10.3. The molecule has 13 heavy (non-hydrogen) atoms. The minimum atomic E-state index is -0.188. The first kappa shape index (κ1) is 9.26. The van der Waals surface area contributed by atoms with Gasteiger partial charge in [-0.1, -0.05) is 0 Å². The summed E-state index contributed by atoms with van der Waals surface area (Å²) >= 11 is 0. The molecule has 0 amide bonds. The first-order valence-electron chi connectivity index (χ1n) is 3.94. The lowest BCUT2D eigenvalue weighted by molar-refractivity contribution is 0.557. The quantitative estimate of drug-likeness (QED) is 0.666. The molecule has 1 aromatic rings. The molecular weight excluding hydrogens is 168 g/mol. The molecule has 0 bridgehead atoms. The highest BCUT2D eigenvalue weighted by Crippen LogP contribution is 1.92. The van der Waals surface area contributed by atoms with Crippen LogP contribution in [0.25, 0.3) is 0 Å². The van der Waals surface area contributed by atoms with Crippen LogP contribution < -0.4 is 11.3 Å². The van der Waals surface area contributed by atoms with Crippen molar-refractivity contribution in [3.05, 3.63) is 22.5 Å². The van der Waals surface area contributed by atoms with Crippen LogP contribution in [0.4, 0.5) is 5.82 Å². The average molecular weight is 178 g/mol. The SMILES string of the molecule is N#CCCCn1nc(N)ccc1=O. The van der Waals surface area contributed by atoms with E-state index in [1.165, 1.54) is 16.8 Å². The Balaban J connectivity index is 2.71. The zero-order valence-corrected chi connectivity index (χ0v) is 7.10. The molecule has 0 aliphatic rings. The minimum absolute atomic E-state index is 0.188. The molecule has 0 aliphatic heterocycles. The summed E-state index contributed by atoms with van der Waals surface area (Å²) in [6.45, 7) is 0.442. The molecule has 0 saturated heterocycles. The average Bonchev–Trinajstić information content (AvgIpc) is 2.11. The molecule has 0 aromatic carbocycles. The van der Waals surface area contributed by atoms with Gasteiger partial charge < -0.3 is 5.73 Å². The first-order chi connectivity index (χ1) is 6.24. The predicted octanol–water partition coefficient (Wildman–Crippen LogP) is 0.129. The molecule has 68 valence electrons. The Morgan fingerprint density at radius 3 is 3.08 bits per heavy atom. The smallest absolute Gasteiger partial charge is 0.266 e. The molecule has 1 rings (SSSR count). The van der Waals surface area contributed by atoms with Crippen LogP contribution in [0.2, 0.25) is 0 Å². The summed E-state index contributed by atoms with van der Waals surface area (Å²) in [5, 5.41) is 12.1.